The maximum absolute atomic E-state index is 14.0. The van der Waals surface area contributed by atoms with E-state index in [9.17, 15) is 27.9 Å². The van der Waals surface area contributed by atoms with Crippen LogP contribution in [0.1, 0.15) is 37.5 Å². The van der Waals surface area contributed by atoms with Crippen molar-refractivity contribution in [3.05, 3.63) is 69.2 Å². The number of thioether (sulfide) groups is 1. The van der Waals surface area contributed by atoms with Gasteiger partial charge in [0, 0.05) is 30.0 Å². The van der Waals surface area contributed by atoms with Crippen LogP contribution in [0.25, 0.3) is 16.5 Å². The summed E-state index contributed by atoms with van der Waals surface area (Å²) in [6.45, 7) is 5.64. The molecule has 9 nitrogen and oxygen atoms in total. The van der Waals surface area contributed by atoms with Gasteiger partial charge < -0.3 is 14.7 Å². The van der Waals surface area contributed by atoms with E-state index in [1.807, 2.05) is 0 Å². The first-order valence-corrected chi connectivity index (χ1v) is 14.6. The fourth-order valence-electron chi connectivity index (χ4n) is 4.97. The second kappa shape index (κ2) is 11.9. The number of amidine groups is 1. The average Bonchev–Trinajstić information content (AvgIpc) is 3.56. The number of fused-ring (bicyclic) bond motifs is 1. The van der Waals surface area contributed by atoms with Crippen molar-refractivity contribution in [2.45, 2.75) is 45.0 Å². The Labute approximate surface area is 254 Å². The zero-order chi connectivity index (χ0) is 31.1. The topological polar surface area (TPSA) is 111 Å². The number of benzene rings is 2. The number of hydrogen-bond donors (Lipinski definition) is 2. The largest absolute Gasteiger partial charge is 0.444 e. The molecule has 1 aromatic heterocycles. The van der Waals surface area contributed by atoms with Crippen molar-refractivity contribution in [3.8, 4) is 0 Å². The number of rotatable bonds is 4. The van der Waals surface area contributed by atoms with Gasteiger partial charge in [0.05, 0.1) is 34.8 Å². The quantitative estimate of drug-likeness (QED) is 0.352. The molecule has 3 aromatic rings. The number of aliphatic hydroxyl groups is 1. The molecule has 2 aromatic carbocycles. The molecule has 3 heterocycles. The number of aliphatic hydroxyl groups excluding tert-OH is 1. The molecule has 0 unspecified atom stereocenters. The minimum Gasteiger partial charge on any atom is -0.444 e. The van der Waals surface area contributed by atoms with E-state index in [1.165, 1.54) is 17.0 Å². The number of halogens is 4. The van der Waals surface area contributed by atoms with Crippen molar-refractivity contribution in [1.29, 1.82) is 0 Å². The number of alkyl halides is 3. The number of hydrogen-bond acceptors (Lipinski definition) is 7. The van der Waals surface area contributed by atoms with Crippen LogP contribution in [0.5, 0.6) is 0 Å². The molecule has 0 bridgehead atoms. The molecule has 43 heavy (non-hydrogen) atoms. The molecule has 0 radical (unpaired) electrons. The zero-order valence-corrected chi connectivity index (χ0v) is 25.1. The third-order valence-electron chi connectivity index (χ3n) is 6.98. The summed E-state index contributed by atoms with van der Waals surface area (Å²) in [5.41, 5.74) is 0.0133. The van der Waals surface area contributed by atoms with Gasteiger partial charge >= 0.3 is 12.3 Å². The number of allylic oxidation sites excluding steroid dienone is 1. The molecule has 2 amide bonds. The minimum atomic E-state index is -4.66. The van der Waals surface area contributed by atoms with E-state index in [-0.39, 0.29) is 41.6 Å². The Morgan fingerprint density at radius 1 is 1.19 bits per heavy atom. The van der Waals surface area contributed by atoms with Crippen LogP contribution in [-0.2, 0) is 22.1 Å². The minimum absolute atomic E-state index is 0.0418. The van der Waals surface area contributed by atoms with Crippen LogP contribution in [0.2, 0.25) is 5.02 Å². The third-order valence-corrected chi connectivity index (χ3v) is 8.38. The molecular weight excluding hydrogens is 607 g/mol. The lowest BCUT2D eigenvalue weighted by molar-refractivity contribution is -0.138. The van der Waals surface area contributed by atoms with Crippen LogP contribution >= 0.6 is 23.4 Å². The molecule has 1 saturated heterocycles. The van der Waals surface area contributed by atoms with E-state index in [2.05, 4.69) is 15.2 Å². The number of carbonyl (C=O) groups is 2. The van der Waals surface area contributed by atoms with Gasteiger partial charge in [-0.1, -0.05) is 23.7 Å². The lowest BCUT2D eigenvalue weighted by atomic mass is 9.93. The second-order valence-electron chi connectivity index (χ2n) is 11.2. The van der Waals surface area contributed by atoms with Gasteiger partial charge in [-0.25, -0.2) is 4.79 Å². The highest BCUT2D eigenvalue weighted by Crippen LogP contribution is 2.41. The number of ether oxygens (including phenoxy) is 1. The Morgan fingerprint density at radius 2 is 1.95 bits per heavy atom. The van der Waals surface area contributed by atoms with Crippen molar-refractivity contribution in [2.75, 3.05) is 26.2 Å². The summed E-state index contributed by atoms with van der Waals surface area (Å²) >= 11 is 6.98. The van der Waals surface area contributed by atoms with Gasteiger partial charge in [-0.05, 0) is 79.9 Å². The third kappa shape index (κ3) is 6.84. The van der Waals surface area contributed by atoms with Crippen molar-refractivity contribution in [3.63, 3.8) is 0 Å². The molecule has 2 aliphatic heterocycles. The molecule has 228 valence electrons. The van der Waals surface area contributed by atoms with Gasteiger partial charge in [0.15, 0.2) is 5.17 Å². The molecule has 5 rings (SSSR count). The van der Waals surface area contributed by atoms with E-state index in [1.54, 1.807) is 50.1 Å². The van der Waals surface area contributed by atoms with Crippen molar-refractivity contribution < 1.29 is 32.6 Å². The van der Waals surface area contributed by atoms with E-state index in [0.29, 0.717) is 22.8 Å². The lowest BCUT2D eigenvalue weighted by Crippen LogP contribution is -2.58. The number of aromatic nitrogens is 2. The summed E-state index contributed by atoms with van der Waals surface area (Å²) < 4.78 is 47.5. The second-order valence-corrected chi connectivity index (χ2v) is 12.6. The molecule has 1 fully saturated rings. The number of piperazine rings is 1. The molecule has 0 saturated carbocycles. The van der Waals surface area contributed by atoms with E-state index in [0.717, 1.165) is 28.7 Å². The predicted molar refractivity (Wildman–Crippen MR) is 159 cm³/mol. The smallest absolute Gasteiger partial charge is 0.416 e. The van der Waals surface area contributed by atoms with Crippen LogP contribution in [-0.4, -0.2) is 80.2 Å². The maximum atomic E-state index is 14.0. The van der Waals surface area contributed by atoms with E-state index in [4.69, 9.17) is 16.3 Å². The van der Waals surface area contributed by atoms with Gasteiger partial charge in [0.1, 0.15) is 5.60 Å². The molecule has 2 N–H and O–H groups in total. The molecule has 0 aliphatic carbocycles. The summed E-state index contributed by atoms with van der Waals surface area (Å²) in [5, 5.41) is 17.9. The number of amides is 2. The summed E-state index contributed by atoms with van der Waals surface area (Å²) in [6, 6.07) is 8.20. The first-order chi connectivity index (χ1) is 20.2. The molecule has 0 spiro atoms. The van der Waals surface area contributed by atoms with E-state index >= 15 is 0 Å². The summed E-state index contributed by atoms with van der Waals surface area (Å²) in [4.78, 5) is 33.8. The predicted octanol–water partition coefficient (Wildman–Crippen LogP) is 5.73. The van der Waals surface area contributed by atoms with Gasteiger partial charge in [0.25, 0.3) is 5.91 Å². The normalized spacial score (nSPS) is 19.2. The standard InChI is InChI=1S/C29H29ClF3N5O4S/c1-28(2,3)42-27(41)38-9-8-37(14-20(38)15-39)26-35-25(40)24(43-26)21(16-5-7-23-18(10-16)13-34-36-23)11-17-4-6-19(30)12-22(17)29(31,32)33/h4-7,10,12-13,20,39H,8-9,11,14-15H2,1-3H3,(H,34,36)/t20-/m0/s1. The van der Waals surface area contributed by atoms with Crippen LogP contribution in [0.4, 0.5) is 18.0 Å². The number of carbonyl (C=O) groups excluding carboxylic acids is 2. The summed E-state index contributed by atoms with van der Waals surface area (Å²) in [7, 11) is 0. The molecule has 1 atom stereocenters. The van der Waals surface area contributed by atoms with Crippen molar-refractivity contribution in [1.82, 2.24) is 20.0 Å². The summed E-state index contributed by atoms with van der Waals surface area (Å²) in [6.07, 6.45) is -3.83. The number of aliphatic imine (C=N–C) groups is 1. The maximum Gasteiger partial charge on any atom is 0.416 e. The fraction of sp³-hybridized carbons (Fsp3) is 0.379. The Balaban J connectivity index is 1.48. The first-order valence-electron chi connectivity index (χ1n) is 13.4. The van der Waals surface area contributed by atoms with Gasteiger partial charge in [-0.15, -0.1) is 0 Å². The van der Waals surface area contributed by atoms with Crippen LogP contribution in [0, 0.1) is 0 Å². The van der Waals surface area contributed by atoms with E-state index < -0.39 is 35.4 Å². The van der Waals surface area contributed by atoms with Gasteiger partial charge in [0.2, 0.25) is 0 Å². The number of H-pyrrole nitrogens is 1. The Bertz CT molecular complexity index is 1630. The monoisotopic (exact) mass is 635 g/mol. The number of nitrogens with zero attached hydrogens (tertiary/aromatic N) is 4. The number of aromatic amines is 1. The zero-order valence-electron chi connectivity index (χ0n) is 23.5. The molecular formula is C29H29ClF3N5O4S. The van der Waals surface area contributed by atoms with Gasteiger partial charge in [-0.3, -0.25) is 14.8 Å². The average molecular weight is 636 g/mol. The highest BCUT2D eigenvalue weighted by atomic mass is 35.5. The number of nitrogens with one attached hydrogen (secondary N) is 1. The highest BCUT2D eigenvalue weighted by molar-refractivity contribution is 8.18. The highest BCUT2D eigenvalue weighted by Gasteiger charge is 2.38. The molecule has 2 aliphatic rings. The Hall–Kier alpha value is -3.55. The molecule has 14 heteroatoms. The van der Waals surface area contributed by atoms with Crippen LogP contribution in [0.3, 0.4) is 0 Å². The fourth-order valence-corrected chi connectivity index (χ4v) is 6.19. The van der Waals surface area contributed by atoms with Crippen molar-refractivity contribution >= 4 is 57.0 Å². The summed E-state index contributed by atoms with van der Waals surface area (Å²) in [5.74, 6) is -0.583. The van der Waals surface area contributed by atoms with Crippen LogP contribution < -0.4 is 0 Å². The van der Waals surface area contributed by atoms with Crippen LogP contribution in [0.15, 0.2) is 52.5 Å². The Kier molecular flexibility index (Phi) is 8.52. The SMILES string of the molecule is CC(C)(C)OC(=O)N1CCN(C2=NC(=O)C(=C(Cc3ccc(Cl)cc3C(F)(F)F)c3ccc4[nH]ncc4c3)S2)C[C@H]1CO. The first kappa shape index (κ1) is 30.9. The Morgan fingerprint density at radius 3 is 2.65 bits per heavy atom. The lowest BCUT2D eigenvalue weighted by Gasteiger charge is -2.41. The van der Waals surface area contributed by atoms with Crippen molar-refractivity contribution in [2.24, 2.45) is 4.99 Å². The van der Waals surface area contributed by atoms with Gasteiger partial charge in [-0.2, -0.15) is 23.3 Å².